The SMILES string of the molecule is CN1Cc2ccccc2N(CCC(N)=S)C1=O. The number of anilines is 1. The van der Waals surface area contributed by atoms with Crippen LogP contribution >= 0.6 is 12.2 Å². The van der Waals surface area contributed by atoms with Gasteiger partial charge in [0, 0.05) is 26.6 Å². The minimum Gasteiger partial charge on any atom is -0.393 e. The number of carbonyl (C=O) groups is 1. The summed E-state index contributed by atoms with van der Waals surface area (Å²) >= 11 is 4.86. The molecule has 2 amide bonds. The predicted octanol–water partition coefficient (Wildman–Crippen LogP) is 1.73. The Morgan fingerprint density at radius 3 is 2.88 bits per heavy atom. The van der Waals surface area contributed by atoms with E-state index in [1.54, 1.807) is 16.8 Å². The first kappa shape index (κ1) is 11.9. The normalized spacial score (nSPS) is 14.8. The maximum atomic E-state index is 12.1. The molecule has 0 saturated heterocycles. The van der Waals surface area contributed by atoms with Gasteiger partial charge in [-0.15, -0.1) is 0 Å². The molecule has 0 atom stereocenters. The Labute approximate surface area is 106 Å². The second kappa shape index (κ2) is 4.71. The molecule has 0 radical (unpaired) electrons. The third-order valence-electron chi connectivity index (χ3n) is 2.83. The summed E-state index contributed by atoms with van der Waals surface area (Å²) in [4.78, 5) is 15.9. The lowest BCUT2D eigenvalue weighted by molar-refractivity contribution is 0.210. The van der Waals surface area contributed by atoms with Crippen molar-refractivity contribution in [2.24, 2.45) is 5.73 Å². The summed E-state index contributed by atoms with van der Waals surface area (Å²) in [6.07, 6.45) is 0.545. The average molecular weight is 249 g/mol. The third-order valence-corrected chi connectivity index (χ3v) is 3.03. The zero-order valence-corrected chi connectivity index (χ0v) is 10.5. The third kappa shape index (κ3) is 2.39. The van der Waals surface area contributed by atoms with Gasteiger partial charge < -0.3 is 10.6 Å². The van der Waals surface area contributed by atoms with Gasteiger partial charge in [-0.3, -0.25) is 4.90 Å². The van der Waals surface area contributed by atoms with E-state index in [0.29, 0.717) is 24.5 Å². The van der Waals surface area contributed by atoms with Gasteiger partial charge >= 0.3 is 6.03 Å². The zero-order valence-electron chi connectivity index (χ0n) is 9.72. The van der Waals surface area contributed by atoms with E-state index >= 15 is 0 Å². The molecule has 0 spiro atoms. The van der Waals surface area contributed by atoms with Crippen LogP contribution in [-0.2, 0) is 6.54 Å². The highest BCUT2D eigenvalue weighted by Gasteiger charge is 2.27. The number of rotatable bonds is 3. The maximum Gasteiger partial charge on any atom is 0.324 e. The molecule has 17 heavy (non-hydrogen) atoms. The van der Waals surface area contributed by atoms with Crippen molar-refractivity contribution >= 4 is 28.9 Å². The summed E-state index contributed by atoms with van der Waals surface area (Å²) in [6, 6.07) is 7.91. The highest BCUT2D eigenvalue weighted by molar-refractivity contribution is 7.80. The number of benzene rings is 1. The van der Waals surface area contributed by atoms with Crippen molar-refractivity contribution in [1.82, 2.24) is 4.90 Å². The topological polar surface area (TPSA) is 49.6 Å². The molecule has 0 saturated carbocycles. The number of hydrogen-bond acceptors (Lipinski definition) is 2. The maximum absolute atomic E-state index is 12.1. The fraction of sp³-hybridized carbons (Fsp3) is 0.333. The van der Waals surface area contributed by atoms with E-state index in [0.717, 1.165) is 11.3 Å². The van der Waals surface area contributed by atoms with Gasteiger partial charge in [0.2, 0.25) is 0 Å². The molecular weight excluding hydrogens is 234 g/mol. The number of urea groups is 1. The minimum absolute atomic E-state index is 0.0000463. The summed E-state index contributed by atoms with van der Waals surface area (Å²) in [5, 5.41) is 0. The van der Waals surface area contributed by atoms with Crippen LogP contribution in [0.5, 0.6) is 0 Å². The quantitative estimate of drug-likeness (QED) is 0.830. The molecule has 1 aromatic carbocycles. The minimum atomic E-state index is -0.0000463. The van der Waals surface area contributed by atoms with Crippen LogP contribution in [-0.4, -0.2) is 29.5 Å². The molecule has 0 bridgehead atoms. The van der Waals surface area contributed by atoms with E-state index in [1.807, 2.05) is 24.3 Å². The fourth-order valence-electron chi connectivity index (χ4n) is 1.98. The molecule has 2 rings (SSSR count). The second-order valence-corrected chi connectivity index (χ2v) is 4.66. The van der Waals surface area contributed by atoms with Gasteiger partial charge in [-0.2, -0.15) is 0 Å². The Morgan fingerprint density at radius 1 is 1.47 bits per heavy atom. The van der Waals surface area contributed by atoms with Crippen LogP contribution in [0, 0.1) is 0 Å². The molecule has 90 valence electrons. The Balaban J connectivity index is 2.28. The molecular formula is C12H15N3OS. The smallest absolute Gasteiger partial charge is 0.324 e. The molecule has 2 N–H and O–H groups in total. The number of thiocarbonyl (C=S) groups is 1. The summed E-state index contributed by atoms with van der Waals surface area (Å²) in [5.74, 6) is 0. The number of nitrogens with two attached hydrogens (primary N) is 1. The van der Waals surface area contributed by atoms with Crippen LogP contribution in [0.1, 0.15) is 12.0 Å². The number of nitrogens with zero attached hydrogens (tertiary/aromatic N) is 2. The van der Waals surface area contributed by atoms with Crippen LogP contribution in [0.4, 0.5) is 10.5 Å². The van der Waals surface area contributed by atoms with Crippen molar-refractivity contribution in [2.45, 2.75) is 13.0 Å². The van der Waals surface area contributed by atoms with Crippen molar-refractivity contribution in [3.05, 3.63) is 29.8 Å². The number of amides is 2. The van der Waals surface area contributed by atoms with Crippen LogP contribution in [0.15, 0.2) is 24.3 Å². The standard InChI is InChI=1S/C12H15N3OS/c1-14-8-9-4-2-3-5-10(9)15(12(14)16)7-6-11(13)17/h2-5H,6-8H2,1H3,(H2,13,17). The number of fused-ring (bicyclic) bond motifs is 1. The van der Waals surface area contributed by atoms with E-state index in [1.165, 1.54) is 0 Å². The van der Waals surface area contributed by atoms with Gasteiger partial charge in [0.1, 0.15) is 0 Å². The molecule has 0 fully saturated rings. The van der Waals surface area contributed by atoms with Crippen molar-refractivity contribution < 1.29 is 4.79 Å². The Kier molecular flexibility index (Phi) is 3.28. The first-order chi connectivity index (χ1) is 8.09. The van der Waals surface area contributed by atoms with Gasteiger partial charge in [-0.1, -0.05) is 30.4 Å². The molecule has 1 aromatic rings. The van der Waals surface area contributed by atoms with Crippen molar-refractivity contribution in [3.63, 3.8) is 0 Å². The molecule has 0 aliphatic carbocycles. The fourth-order valence-corrected chi connectivity index (χ4v) is 2.07. The van der Waals surface area contributed by atoms with Gasteiger partial charge in [-0.25, -0.2) is 4.79 Å². The zero-order chi connectivity index (χ0) is 12.4. The van der Waals surface area contributed by atoms with Crippen LogP contribution in [0.3, 0.4) is 0 Å². The number of carbonyl (C=O) groups excluding carboxylic acids is 1. The molecule has 5 heteroatoms. The molecule has 1 aliphatic heterocycles. The largest absolute Gasteiger partial charge is 0.393 e. The van der Waals surface area contributed by atoms with Gasteiger partial charge in [0.05, 0.1) is 10.7 Å². The Morgan fingerprint density at radius 2 is 2.18 bits per heavy atom. The highest BCUT2D eigenvalue weighted by Crippen LogP contribution is 2.27. The van der Waals surface area contributed by atoms with Gasteiger partial charge in [0.15, 0.2) is 0 Å². The van der Waals surface area contributed by atoms with Gasteiger partial charge in [0.25, 0.3) is 0 Å². The van der Waals surface area contributed by atoms with Crippen molar-refractivity contribution in [2.75, 3.05) is 18.5 Å². The summed E-state index contributed by atoms with van der Waals surface area (Å²) in [7, 11) is 1.80. The van der Waals surface area contributed by atoms with Crippen LogP contribution in [0.25, 0.3) is 0 Å². The number of hydrogen-bond donors (Lipinski definition) is 1. The van der Waals surface area contributed by atoms with E-state index in [4.69, 9.17) is 18.0 Å². The van der Waals surface area contributed by atoms with E-state index in [-0.39, 0.29) is 6.03 Å². The second-order valence-electron chi connectivity index (χ2n) is 4.14. The first-order valence-corrected chi connectivity index (χ1v) is 5.89. The van der Waals surface area contributed by atoms with Gasteiger partial charge in [-0.05, 0) is 11.6 Å². The Hall–Kier alpha value is -1.62. The summed E-state index contributed by atoms with van der Waals surface area (Å²) < 4.78 is 0. The lowest BCUT2D eigenvalue weighted by atomic mass is 10.1. The molecule has 1 heterocycles. The summed E-state index contributed by atoms with van der Waals surface area (Å²) in [6.45, 7) is 1.19. The number of para-hydroxylation sites is 1. The predicted molar refractivity (Wildman–Crippen MR) is 72.1 cm³/mol. The summed E-state index contributed by atoms with van der Waals surface area (Å²) in [5.41, 5.74) is 7.60. The average Bonchev–Trinajstić information content (AvgIpc) is 2.29. The lowest BCUT2D eigenvalue weighted by Gasteiger charge is -2.35. The highest BCUT2D eigenvalue weighted by atomic mass is 32.1. The Bertz CT molecular complexity index is 461. The molecule has 0 unspecified atom stereocenters. The van der Waals surface area contributed by atoms with E-state index < -0.39 is 0 Å². The monoisotopic (exact) mass is 249 g/mol. The molecule has 1 aliphatic rings. The van der Waals surface area contributed by atoms with Crippen LogP contribution in [0.2, 0.25) is 0 Å². The van der Waals surface area contributed by atoms with Crippen LogP contribution < -0.4 is 10.6 Å². The molecule has 0 aromatic heterocycles. The van der Waals surface area contributed by atoms with E-state index in [2.05, 4.69) is 0 Å². The first-order valence-electron chi connectivity index (χ1n) is 5.48. The van der Waals surface area contributed by atoms with Crippen molar-refractivity contribution in [1.29, 1.82) is 0 Å². The molecule has 4 nitrogen and oxygen atoms in total. The van der Waals surface area contributed by atoms with E-state index in [9.17, 15) is 4.79 Å². The van der Waals surface area contributed by atoms with Crippen molar-refractivity contribution in [3.8, 4) is 0 Å². The lowest BCUT2D eigenvalue weighted by Crippen LogP contribution is -2.46.